The van der Waals surface area contributed by atoms with Crippen molar-refractivity contribution in [1.29, 1.82) is 0 Å². The molecule has 3 N–H and O–H groups in total. The van der Waals surface area contributed by atoms with E-state index in [1.54, 1.807) is 26.0 Å². The Balaban J connectivity index is 1.32. The van der Waals surface area contributed by atoms with E-state index in [0.29, 0.717) is 25.5 Å². The van der Waals surface area contributed by atoms with E-state index in [0.717, 1.165) is 33.2 Å². The maximum absolute atomic E-state index is 13.6. The molecule has 0 saturated heterocycles. The lowest BCUT2D eigenvalue weighted by atomic mass is 10.1. The summed E-state index contributed by atoms with van der Waals surface area (Å²) in [6, 6.07) is 16.7. The highest BCUT2D eigenvalue weighted by Crippen LogP contribution is 2.27. The normalized spacial score (nSPS) is 11.8. The number of anilines is 2. The first-order valence-electron chi connectivity index (χ1n) is 12.1. The lowest BCUT2D eigenvalue weighted by molar-refractivity contribution is -0.124. The van der Waals surface area contributed by atoms with Crippen LogP contribution in [0.1, 0.15) is 25.8 Å². The highest BCUT2D eigenvalue weighted by atomic mass is 19.1. The highest BCUT2D eigenvalue weighted by molar-refractivity contribution is 5.90. The molecule has 5 aromatic rings. The van der Waals surface area contributed by atoms with Gasteiger partial charge in [0.25, 0.3) is 0 Å². The van der Waals surface area contributed by atoms with Gasteiger partial charge in [-0.15, -0.1) is 0 Å². The van der Waals surface area contributed by atoms with Crippen molar-refractivity contribution in [3.05, 3.63) is 84.7 Å². The van der Waals surface area contributed by atoms with Crippen LogP contribution in [0.15, 0.2) is 73.3 Å². The van der Waals surface area contributed by atoms with E-state index in [9.17, 15) is 14.3 Å². The molecule has 1 amide bonds. The smallest absolute Gasteiger partial charge is 0.222 e. The number of carbonyl (C=O) groups is 1. The molecule has 5 rings (SSSR count). The fraction of sp³-hybridized carbons (Fsp3) is 0.250. The summed E-state index contributed by atoms with van der Waals surface area (Å²) in [5.74, 6) is 0.227. The van der Waals surface area contributed by atoms with E-state index in [4.69, 9.17) is 0 Å². The second-order valence-corrected chi connectivity index (χ2v) is 9.78. The van der Waals surface area contributed by atoms with Gasteiger partial charge < -0.3 is 24.9 Å². The molecular formula is C28H29FN6O2. The molecule has 0 aliphatic carbocycles. The van der Waals surface area contributed by atoms with Crippen molar-refractivity contribution in [3.63, 3.8) is 0 Å². The molecule has 9 heteroatoms. The van der Waals surface area contributed by atoms with Crippen LogP contribution in [-0.2, 0) is 17.9 Å². The zero-order valence-electron chi connectivity index (χ0n) is 20.8. The molecule has 0 radical (unpaired) electrons. The molecule has 0 atom stereocenters. The summed E-state index contributed by atoms with van der Waals surface area (Å²) >= 11 is 0. The summed E-state index contributed by atoms with van der Waals surface area (Å²) in [4.78, 5) is 20.9. The summed E-state index contributed by atoms with van der Waals surface area (Å²) in [6.07, 6.45) is 5.48. The standard InChI is InChI=1S/C28H29FN6O2/c1-28(2,37)16-25(36)30-10-13-34-12-9-23-26(34)27(32-18-31-23)33-22-6-7-24-20(15-22)8-11-35(24)17-19-4-3-5-21(29)14-19/h3-9,11-12,14-15,18,37H,10,13,16-17H2,1-2H3,(H,30,36)(H,31,32,33). The van der Waals surface area contributed by atoms with Crippen molar-refractivity contribution in [2.45, 2.75) is 39.0 Å². The SMILES string of the molecule is CC(C)(O)CC(=O)NCCn1ccc2ncnc(Nc3ccc4c(ccn4Cc4cccc(F)c4)c3)c21. The summed E-state index contributed by atoms with van der Waals surface area (Å²) in [7, 11) is 0. The van der Waals surface area contributed by atoms with Crippen LogP contribution in [0.3, 0.4) is 0 Å². The van der Waals surface area contributed by atoms with Crippen LogP contribution >= 0.6 is 0 Å². The minimum absolute atomic E-state index is 0.0434. The number of amides is 1. The first-order chi connectivity index (χ1) is 17.7. The van der Waals surface area contributed by atoms with Gasteiger partial charge in [0.15, 0.2) is 5.82 Å². The van der Waals surface area contributed by atoms with Gasteiger partial charge in [-0.25, -0.2) is 14.4 Å². The first kappa shape index (κ1) is 24.5. The quantitative estimate of drug-likeness (QED) is 0.275. The summed E-state index contributed by atoms with van der Waals surface area (Å²) in [5, 5.41) is 17.1. The van der Waals surface area contributed by atoms with Gasteiger partial charge in [-0.1, -0.05) is 12.1 Å². The van der Waals surface area contributed by atoms with Crippen molar-refractivity contribution in [2.75, 3.05) is 11.9 Å². The predicted molar refractivity (Wildman–Crippen MR) is 142 cm³/mol. The predicted octanol–water partition coefficient (Wildman–Crippen LogP) is 4.59. The van der Waals surface area contributed by atoms with Crippen molar-refractivity contribution in [2.24, 2.45) is 0 Å². The lowest BCUT2D eigenvalue weighted by Gasteiger charge is -2.16. The third kappa shape index (κ3) is 5.78. The number of benzene rings is 2. The van der Waals surface area contributed by atoms with Gasteiger partial charge in [0.05, 0.1) is 17.5 Å². The van der Waals surface area contributed by atoms with Crippen molar-refractivity contribution in [3.8, 4) is 0 Å². The van der Waals surface area contributed by atoms with Crippen LogP contribution in [0.25, 0.3) is 21.9 Å². The summed E-state index contributed by atoms with van der Waals surface area (Å²) in [5.41, 5.74) is 3.41. The van der Waals surface area contributed by atoms with Crippen LogP contribution < -0.4 is 10.6 Å². The van der Waals surface area contributed by atoms with E-state index in [2.05, 4.69) is 31.2 Å². The number of fused-ring (bicyclic) bond motifs is 2. The molecule has 8 nitrogen and oxygen atoms in total. The fourth-order valence-electron chi connectivity index (χ4n) is 4.47. The molecule has 0 unspecified atom stereocenters. The number of aromatic nitrogens is 4. The van der Waals surface area contributed by atoms with Crippen LogP contribution in [0.4, 0.5) is 15.9 Å². The highest BCUT2D eigenvalue weighted by Gasteiger charge is 2.18. The third-order valence-corrected chi connectivity index (χ3v) is 6.09. The monoisotopic (exact) mass is 500 g/mol. The van der Waals surface area contributed by atoms with Gasteiger partial charge in [-0.3, -0.25) is 4.79 Å². The van der Waals surface area contributed by atoms with Crippen molar-refractivity contribution < 1.29 is 14.3 Å². The molecule has 37 heavy (non-hydrogen) atoms. The largest absolute Gasteiger partial charge is 0.390 e. The number of hydrogen-bond donors (Lipinski definition) is 3. The van der Waals surface area contributed by atoms with Crippen LogP contribution in [-0.4, -0.2) is 42.3 Å². The Morgan fingerprint density at radius 2 is 1.89 bits per heavy atom. The first-order valence-corrected chi connectivity index (χ1v) is 12.1. The number of nitrogens with one attached hydrogen (secondary N) is 2. The lowest BCUT2D eigenvalue weighted by Crippen LogP contribution is -2.33. The molecule has 0 spiro atoms. The van der Waals surface area contributed by atoms with Crippen LogP contribution in [0, 0.1) is 5.82 Å². The Labute approximate surface area is 213 Å². The molecule has 0 aliphatic heterocycles. The Kier molecular flexibility index (Phi) is 6.62. The Morgan fingerprint density at radius 3 is 2.70 bits per heavy atom. The van der Waals surface area contributed by atoms with Gasteiger partial charge in [0.1, 0.15) is 17.7 Å². The molecule has 0 saturated carbocycles. The number of halogens is 1. The minimum Gasteiger partial charge on any atom is -0.390 e. The maximum atomic E-state index is 13.6. The van der Waals surface area contributed by atoms with Gasteiger partial charge in [-0.2, -0.15) is 0 Å². The van der Waals surface area contributed by atoms with Crippen LogP contribution in [0.5, 0.6) is 0 Å². The number of aliphatic hydroxyl groups is 1. The van der Waals surface area contributed by atoms with Gasteiger partial charge in [-0.05, 0) is 61.9 Å². The zero-order chi connectivity index (χ0) is 26.0. The van der Waals surface area contributed by atoms with E-state index in [1.807, 2.05) is 47.3 Å². The minimum atomic E-state index is -1.04. The molecule has 3 aromatic heterocycles. The van der Waals surface area contributed by atoms with Crippen molar-refractivity contribution in [1.82, 2.24) is 24.4 Å². The molecular weight excluding hydrogens is 471 g/mol. The molecule has 3 heterocycles. The molecule has 0 fully saturated rings. The number of nitrogens with zero attached hydrogens (tertiary/aromatic N) is 4. The van der Waals surface area contributed by atoms with Crippen molar-refractivity contribution >= 4 is 39.3 Å². The summed E-state index contributed by atoms with van der Waals surface area (Å²) < 4.78 is 17.7. The maximum Gasteiger partial charge on any atom is 0.222 e. The Bertz CT molecular complexity index is 1570. The zero-order valence-corrected chi connectivity index (χ0v) is 20.8. The topological polar surface area (TPSA) is 97.0 Å². The van der Waals surface area contributed by atoms with E-state index in [1.165, 1.54) is 12.4 Å². The number of hydrogen-bond acceptors (Lipinski definition) is 5. The molecule has 190 valence electrons. The van der Waals surface area contributed by atoms with Gasteiger partial charge >= 0.3 is 0 Å². The van der Waals surface area contributed by atoms with E-state index >= 15 is 0 Å². The van der Waals surface area contributed by atoms with E-state index in [-0.39, 0.29) is 18.1 Å². The molecule has 0 aliphatic rings. The fourth-order valence-corrected chi connectivity index (χ4v) is 4.47. The van der Waals surface area contributed by atoms with Gasteiger partial charge in [0, 0.05) is 48.6 Å². The molecule has 2 aromatic carbocycles. The Morgan fingerprint density at radius 1 is 1.05 bits per heavy atom. The number of rotatable bonds is 9. The number of carbonyl (C=O) groups excluding carboxylic acids is 1. The van der Waals surface area contributed by atoms with E-state index < -0.39 is 5.60 Å². The van der Waals surface area contributed by atoms with Crippen LogP contribution in [0.2, 0.25) is 0 Å². The second-order valence-electron chi connectivity index (χ2n) is 9.78. The average Bonchev–Trinajstić information content (AvgIpc) is 3.43. The Hall–Kier alpha value is -4.24. The summed E-state index contributed by atoms with van der Waals surface area (Å²) in [6.45, 7) is 4.75. The third-order valence-electron chi connectivity index (χ3n) is 6.09. The second kappa shape index (κ2) is 10.0. The molecule has 0 bridgehead atoms. The van der Waals surface area contributed by atoms with Gasteiger partial charge in [0.2, 0.25) is 5.91 Å². The average molecular weight is 501 g/mol.